The van der Waals surface area contributed by atoms with Crippen LogP contribution in [0.5, 0.6) is 5.75 Å². The van der Waals surface area contributed by atoms with Gasteiger partial charge in [-0.25, -0.2) is 0 Å². The van der Waals surface area contributed by atoms with E-state index in [1.54, 1.807) is 0 Å². The van der Waals surface area contributed by atoms with E-state index in [-0.39, 0.29) is 35.6 Å². The number of hydrogen-bond donors (Lipinski definition) is 2. The van der Waals surface area contributed by atoms with Gasteiger partial charge in [-0.15, -0.1) is 24.0 Å². The van der Waals surface area contributed by atoms with E-state index in [4.69, 9.17) is 14.3 Å². The lowest BCUT2D eigenvalue weighted by molar-refractivity contribution is 0.0396. The van der Waals surface area contributed by atoms with Crippen molar-refractivity contribution >= 4 is 29.9 Å². The van der Waals surface area contributed by atoms with Crippen LogP contribution in [-0.4, -0.2) is 34.8 Å². The van der Waals surface area contributed by atoms with Crippen molar-refractivity contribution in [3.63, 3.8) is 0 Å². The second kappa shape index (κ2) is 9.77. The Morgan fingerprint density at radius 3 is 2.79 bits per heavy atom. The highest BCUT2D eigenvalue weighted by atomic mass is 127. The number of aliphatic imine (C=N–C) groups is 1. The minimum absolute atomic E-state index is 0. The zero-order valence-corrected chi connectivity index (χ0v) is 19.4. The van der Waals surface area contributed by atoms with Crippen LogP contribution in [0.1, 0.15) is 62.3 Å². The van der Waals surface area contributed by atoms with Crippen LogP contribution in [0.3, 0.4) is 0 Å². The van der Waals surface area contributed by atoms with Gasteiger partial charge in [0.2, 0.25) is 5.89 Å². The number of nitrogens with zero attached hydrogens (tertiary/aromatic N) is 3. The van der Waals surface area contributed by atoms with Crippen molar-refractivity contribution in [2.45, 2.75) is 64.0 Å². The smallest absolute Gasteiger partial charge is 0.228 e. The number of nitrogens with one attached hydrogen (secondary N) is 2. The normalized spacial score (nSPS) is 19.9. The quantitative estimate of drug-likeness (QED) is 0.360. The number of rotatable bonds is 5. The molecule has 29 heavy (non-hydrogen) atoms. The van der Waals surface area contributed by atoms with E-state index in [0.29, 0.717) is 24.7 Å². The van der Waals surface area contributed by atoms with Gasteiger partial charge < -0.3 is 19.9 Å². The Morgan fingerprint density at radius 1 is 1.28 bits per heavy atom. The van der Waals surface area contributed by atoms with Gasteiger partial charge in [0.05, 0.1) is 12.6 Å². The fraction of sp³-hybridized carbons (Fsp3) is 0.571. The Kier molecular flexibility index (Phi) is 7.37. The second-order valence-electron chi connectivity index (χ2n) is 7.68. The van der Waals surface area contributed by atoms with Crippen LogP contribution in [0.2, 0.25) is 0 Å². The molecule has 2 heterocycles. The zero-order chi connectivity index (χ0) is 19.4. The molecule has 2 aliphatic rings. The molecule has 1 aliphatic carbocycles. The summed E-state index contributed by atoms with van der Waals surface area (Å²) in [7, 11) is 0. The largest absolute Gasteiger partial charge is 0.487 e. The summed E-state index contributed by atoms with van der Waals surface area (Å²) in [6.45, 7) is 5.30. The van der Waals surface area contributed by atoms with Gasteiger partial charge in [-0.1, -0.05) is 23.4 Å². The summed E-state index contributed by atoms with van der Waals surface area (Å²) in [5, 5.41) is 10.8. The summed E-state index contributed by atoms with van der Waals surface area (Å²) < 4.78 is 11.6. The molecule has 7 nitrogen and oxygen atoms in total. The molecule has 1 aliphatic heterocycles. The van der Waals surface area contributed by atoms with Gasteiger partial charge >= 0.3 is 0 Å². The van der Waals surface area contributed by atoms with Gasteiger partial charge in [0, 0.05) is 24.9 Å². The summed E-state index contributed by atoms with van der Waals surface area (Å²) in [5.41, 5.74) is 1.17. The Labute approximate surface area is 189 Å². The molecule has 1 saturated carbocycles. The first kappa shape index (κ1) is 21.9. The van der Waals surface area contributed by atoms with E-state index in [9.17, 15) is 0 Å². The molecule has 0 bridgehead atoms. The van der Waals surface area contributed by atoms with Crippen molar-refractivity contribution in [2.24, 2.45) is 4.99 Å². The molecule has 1 atom stereocenters. The third-order valence-electron chi connectivity index (χ3n) is 5.53. The van der Waals surface area contributed by atoms with Crippen LogP contribution < -0.4 is 15.4 Å². The van der Waals surface area contributed by atoms with Crippen molar-refractivity contribution < 1.29 is 9.26 Å². The standard InChI is InChI=1S/C21H29N5O2.HI/c1-3-22-20(23-13-10-19-24-15(2)26-28-19)25-17-14-21(11-6-7-12-21)27-18-9-5-4-8-16(17)18;/h4-5,8-9,17H,3,6-7,10-14H2,1-2H3,(H2,22,23,25);1H. The Morgan fingerprint density at radius 2 is 2.07 bits per heavy atom. The summed E-state index contributed by atoms with van der Waals surface area (Å²) in [6.07, 6.45) is 6.34. The molecule has 8 heteroatoms. The number of aromatic nitrogens is 2. The maximum atomic E-state index is 6.47. The lowest BCUT2D eigenvalue weighted by atomic mass is 9.86. The van der Waals surface area contributed by atoms with Crippen molar-refractivity contribution in [1.82, 2.24) is 20.8 Å². The van der Waals surface area contributed by atoms with Crippen LogP contribution >= 0.6 is 24.0 Å². The van der Waals surface area contributed by atoms with E-state index in [1.165, 1.54) is 18.4 Å². The molecule has 0 amide bonds. The van der Waals surface area contributed by atoms with E-state index in [2.05, 4.69) is 52.0 Å². The van der Waals surface area contributed by atoms with Crippen molar-refractivity contribution in [3.05, 3.63) is 41.5 Å². The van der Waals surface area contributed by atoms with Gasteiger partial charge in [-0.3, -0.25) is 4.99 Å². The summed E-state index contributed by atoms with van der Waals surface area (Å²) >= 11 is 0. The summed E-state index contributed by atoms with van der Waals surface area (Å²) in [4.78, 5) is 8.97. The molecule has 4 rings (SSSR count). The average molecular weight is 511 g/mol. The topological polar surface area (TPSA) is 84.6 Å². The first-order valence-corrected chi connectivity index (χ1v) is 10.3. The Hall–Kier alpha value is -1.84. The second-order valence-corrected chi connectivity index (χ2v) is 7.68. The molecule has 1 fully saturated rings. The van der Waals surface area contributed by atoms with Crippen LogP contribution in [0.4, 0.5) is 0 Å². The number of fused-ring (bicyclic) bond motifs is 1. The number of para-hydroxylation sites is 1. The number of guanidine groups is 1. The fourth-order valence-electron chi connectivity index (χ4n) is 4.26. The van der Waals surface area contributed by atoms with E-state index < -0.39 is 0 Å². The molecule has 1 spiro atoms. The summed E-state index contributed by atoms with van der Waals surface area (Å²) in [5.74, 6) is 3.10. The molecule has 2 N–H and O–H groups in total. The number of ether oxygens (including phenoxy) is 1. The monoisotopic (exact) mass is 511 g/mol. The maximum absolute atomic E-state index is 6.47. The fourth-order valence-corrected chi connectivity index (χ4v) is 4.26. The third kappa shape index (κ3) is 5.21. The zero-order valence-electron chi connectivity index (χ0n) is 17.1. The molecule has 2 aromatic rings. The molecule has 1 aromatic carbocycles. The SMILES string of the molecule is CCNC(=NCCc1nc(C)no1)NC1CC2(CCCC2)Oc2ccccc21.I. The van der Waals surface area contributed by atoms with Gasteiger partial charge in [-0.05, 0) is 45.6 Å². The number of hydrogen-bond acceptors (Lipinski definition) is 5. The van der Waals surface area contributed by atoms with Gasteiger partial charge in [0.1, 0.15) is 11.4 Å². The predicted molar refractivity (Wildman–Crippen MR) is 123 cm³/mol. The van der Waals surface area contributed by atoms with Gasteiger partial charge in [-0.2, -0.15) is 4.98 Å². The molecular weight excluding hydrogens is 481 g/mol. The highest BCUT2D eigenvalue weighted by Gasteiger charge is 2.43. The first-order chi connectivity index (χ1) is 13.7. The molecule has 158 valence electrons. The highest BCUT2D eigenvalue weighted by Crippen LogP contribution is 2.46. The number of halogens is 1. The molecule has 0 saturated heterocycles. The van der Waals surface area contributed by atoms with Crippen LogP contribution in [-0.2, 0) is 6.42 Å². The van der Waals surface area contributed by atoms with Crippen molar-refractivity contribution in [1.29, 1.82) is 0 Å². The first-order valence-electron chi connectivity index (χ1n) is 10.3. The van der Waals surface area contributed by atoms with Gasteiger partial charge in [0.25, 0.3) is 0 Å². The minimum atomic E-state index is -0.0371. The average Bonchev–Trinajstić information content (AvgIpc) is 3.31. The van der Waals surface area contributed by atoms with Crippen LogP contribution in [0.15, 0.2) is 33.8 Å². The molecule has 0 radical (unpaired) electrons. The number of benzene rings is 1. The Balaban J connectivity index is 0.00000240. The number of aryl methyl sites for hydroxylation is 1. The van der Waals surface area contributed by atoms with Crippen LogP contribution in [0, 0.1) is 6.92 Å². The van der Waals surface area contributed by atoms with E-state index in [0.717, 1.165) is 37.5 Å². The lowest BCUT2D eigenvalue weighted by Gasteiger charge is -2.40. The highest BCUT2D eigenvalue weighted by molar-refractivity contribution is 14.0. The van der Waals surface area contributed by atoms with E-state index >= 15 is 0 Å². The molecule has 1 aromatic heterocycles. The van der Waals surface area contributed by atoms with Crippen LogP contribution in [0.25, 0.3) is 0 Å². The lowest BCUT2D eigenvalue weighted by Crippen LogP contribution is -2.46. The molecular formula is C21H30IN5O2. The van der Waals surface area contributed by atoms with Crippen molar-refractivity contribution in [3.8, 4) is 5.75 Å². The molecule has 1 unspecified atom stereocenters. The van der Waals surface area contributed by atoms with E-state index in [1.807, 2.05) is 6.92 Å². The third-order valence-corrected chi connectivity index (χ3v) is 5.53. The minimum Gasteiger partial charge on any atom is -0.487 e. The maximum Gasteiger partial charge on any atom is 0.228 e. The Bertz CT molecular complexity index is 832. The predicted octanol–water partition coefficient (Wildman–Crippen LogP) is 3.93. The summed E-state index contributed by atoms with van der Waals surface area (Å²) in [6, 6.07) is 8.55. The van der Waals surface area contributed by atoms with Gasteiger partial charge in [0.15, 0.2) is 11.8 Å². The van der Waals surface area contributed by atoms with Crippen molar-refractivity contribution in [2.75, 3.05) is 13.1 Å².